The van der Waals surface area contributed by atoms with Crippen LogP contribution in [0.3, 0.4) is 0 Å². The average molecular weight is 544 g/mol. The minimum atomic E-state index is -3.60. The third kappa shape index (κ3) is 5.29. The van der Waals surface area contributed by atoms with Gasteiger partial charge in [-0.3, -0.25) is 0 Å². The van der Waals surface area contributed by atoms with Gasteiger partial charge < -0.3 is 15.6 Å². The van der Waals surface area contributed by atoms with Crippen LogP contribution in [-0.4, -0.2) is 30.6 Å². The number of hydrogen-bond acceptors (Lipinski definition) is 8. The van der Waals surface area contributed by atoms with Gasteiger partial charge in [0.15, 0.2) is 27.1 Å². The van der Waals surface area contributed by atoms with Gasteiger partial charge >= 0.3 is 0 Å². The van der Waals surface area contributed by atoms with Gasteiger partial charge in [0, 0.05) is 23.7 Å². The molecular weight excluding hydrogens is 517 g/mol. The van der Waals surface area contributed by atoms with Crippen LogP contribution in [0.25, 0.3) is 34.0 Å². The molecule has 0 aliphatic carbocycles. The first-order valence-electron chi connectivity index (χ1n) is 12.2. The maximum atomic E-state index is 14.7. The number of aromatic nitrogens is 3. The number of rotatable bonds is 8. The molecule has 2 aromatic heterocycles. The molecule has 198 valence electrons. The number of nitrogens with one attached hydrogen (secondary N) is 1. The van der Waals surface area contributed by atoms with Crippen LogP contribution in [0.5, 0.6) is 0 Å². The number of nitrogens with zero attached hydrogens (tertiary/aromatic N) is 3. The molecule has 0 fully saturated rings. The van der Waals surface area contributed by atoms with Crippen molar-refractivity contribution >= 4 is 15.7 Å². The van der Waals surface area contributed by atoms with Gasteiger partial charge in [0.2, 0.25) is 0 Å². The number of nitrogens with two attached hydrogens (primary N) is 1. The zero-order chi connectivity index (χ0) is 27.6. The van der Waals surface area contributed by atoms with Gasteiger partial charge in [-0.2, -0.15) is 0 Å². The van der Waals surface area contributed by atoms with Crippen molar-refractivity contribution in [3.63, 3.8) is 0 Å². The van der Waals surface area contributed by atoms with E-state index in [-0.39, 0.29) is 27.7 Å². The van der Waals surface area contributed by atoms with Crippen molar-refractivity contribution in [2.45, 2.75) is 23.6 Å². The maximum absolute atomic E-state index is 14.7. The van der Waals surface area contributed by atoms with E-state index in [0.29, 0.717) is 23.5 Å². The normalized spacial score (nSPS) is 12.4. The summed E-state index contributed by atoms with van der Waals surface area (Å²) in [5, 5.41) is 6.29. The number of halogens is 1. The molecular formula is C29H26FN5O3S. The van der Waals surface area contributed by atoms with E-state index in [1.54, 1.807) is 62.5 Å². The third-order valence-electron chi connectivity index (χ3n) is 6.45. The van der Waals surface area contributed by atoms with Gasteiger partial charge in [-0.25, -0.2) is 22.8 Å². The summed E-state index contributed by atoms with van der Waals surface area (Å²) < 4.78 is 46.5. The van der Waals surface area contributed by atoms with Crippen molar-refractivity contribution in [2.24, 2.45) is 0 Å². The molecule has 0 aliphatic heterocycles. The molecule has 3 N–H and O–H groups in total. The fourth-order valence-corrected chi connectivity index (χ4v) is 5.67. The first kappa shape index (κ1) is 26.2. The molecule has 1 atom stereocenters. The summed E-state index contributed by atoms with van der Waals surface area (Å²) >= 11 is 0. The van der Waals surface area contributed by atoms with Crippen LogP contribution in [0, 0.1) is 5.82 Å². The highest BCUT2D eigenvalue weighted by atomic mass is 32.2. The van der Waals surface area contributed by atoms with Crippen molar-refractivity contribution in [3.8, 4) is 34.0 Å². The van der Waals surface area contributed by atoms with Crippen LogP contribution in [-0.2, 0) is 16.4 Å². The number of anilines is 1. The molecule has 0 amide bonds. The summed E-state index contributed by atoms with van der Waals surface area (Å²) in [5.74, 6) is -0.0827. The van der Waals surface area contributed by atoms with E-state index < -0.39 is 20.9 Å². The summed E-state index contributed by atoms with van der Waals surface area (Å²) in [6.45, 7) is 2.21. The summed E-state index contributed by atoms with van der Waals surface area (Å²) in [7, 11) is -1.81. The Morgan fingerprint density at radius 2 is 1.74 bits per heavy atom. The van der Waals surface area contributed by atoms with Crippen LogP contribution >= 0.6 is 0 Å². The second kappa shape index (κ2) is 10.8. The first-order chi connectivity index (χ1) is 18.8. The van der Waals surface area contributed by atoms with E-state index in [2.05, 4.69) is 20.4 Å². The third-order valence-corrected chi connectivity index (χ3v) is 8.58. The maximum Gasteiger partial charge on any atom is 0.189 e. The van der Waals surface area contributed by atoms with E-state index >= 15 is 0 Å². The number of benzene rings is 3. The molecule has 0 bridgehead atoms. The second-order valence-electron chi connectivity index (χ2n) is 9.03. The molecule has 0 saturated heterocycles. The largest absolute Gasteiger partial charge is 0.382 e. The topological polar surface area (TPSA) is 124 Å². The van der Waals surface area contributed by atoms with Gasteiger partial charge in [0.25, 0.3) is 0 Å². The van der Waals surface area contributed by atoms with Crippen LogP contribution in [0.1, 0.15) is 23.3 Å². The monoisotopic (exact) mass is 543 g/mol. The Labute approximate surface area is 225 Å². The molecule has 1 unspecified atom stereocenters. The highest BCUT2D eigenvalue weighted by Crippen LogP contribution is 2.32. The minimum absolute atomic E-state index is 0.113. The fraction of sp³-hybridized carbons (Fsp3) is 0.138. The van der Waals surface area contributed by atoms with E-state index in [4.69, 9.17) is 10.3 Å². The molecule has 0 radical (unpaired) electrons. The van der Waals surface area contributed by atoms with Crippen LogP contribution in [0.2, 0.25) is 0 Å². The first-order valence-corrected chi connectivity index (χ1v) is 13.7. The number of sulfone groups is 1. The van der Waals surface area contributed by atoms with Crippen molar-refractivity contribution in [1.82, 2.24) is 20.4 Å². The molecule has 10 heteroatoms. The summed E-state index contributed by atoms with van der Waals surface area (Å²) in [6.07, 6.45) is 1.49. The predicted octanol–water partition coefficient (Wildman–Crippen LogP) is 5.44. The van der Waals surface area contributed by atoms with Gasteiger partial charge in [-0.15, -0.1) is 0 Å². The van der Waals surface area contributed by atoms with Crippen molar-refractivity contribution in [1.29, 1.82) is 0 Å². The quantitative estimate of drug-likeness (QED) is 0.265. The van der Waals surface area contributed by atoms with Gasteiger partial charge in [-0.05, 0) is 49.4 Å². The lowest BCUT2D eigenvalue weighted by molar-refractivity contribution is 0.433. The Balaban J connectivity index is 1.42. The number of hydrogen-bond donors (Lipinski definition) is 2. The average Bonchev–Trinajstić information content (AvgIpc) is 3.43. The Bertz CT molecular complexity index is 1720. The molecule has 39 heavy (non-hydrogen) atoms. The van der Waals surface area contributed by atoms with E-state index in [1.807, 2.05) is 24.3 Å². The van der Waals surface area contributed by atoms with Gasteiger partial charge in [0.1, 0.15) is 11.5 Å². The second-order valence-corrected chi connectivity index (χ2v) is 11.3. The number of nitrogen functional groups attached to an aromatic ring is 1. The van der Waals surface area contributed by atoms with E-state index in [0.717, 1.165) is 11.1 Å². The summed E-state index contributed by atoms with van der Waals surface area (Å²) in [6, 6.07) is 22.0. The smallest absolute Gasteiger partial charge is 0.189 e. The molecule has 2 heterocycles. The molecule has 0 saturated carbocycles. The zero-order valence-electron chi connectivity index (χ0n) is 21.3. The molecule has 3 aromatic carbocycles. The molecule has 0 aliphatic rings. The lowest BCUT2D eigenvalue weighted by atomic mass is 10.1. The summed E-state index contributed by atoms with van der Waals surface area (Å²) in [4.78, 5) is 9.02. The Kier molecular flexibility index (Phi) is 7.23. The zero-order valence-corrected chi connectivity index (χ0v) is 22.1. The molecule has 8 nitrogen and oxygen atoms in total. The molecule has 5 rings (SSSR count). The molecule has 0 spiro atoms. The van der Waals surface area contributed by atoms with E-state index in [1.165, 1.54) is 12.3 Å². The standard InChI is InChI=1S/C29H26FN5O3S/c1-18(20-6-4-3-5-7-20)39(36,37)22-11-9-21(10-12-22)26-17-33-29(31)28(34-26)27-15-25(35-38-27)23-13-8-19(16-32-2)14-24(23)30/h3-15,17-18,32H,16H2,1-2H3,(H2,31,33). The highest BCUT2D eigenvalue weighted by Gasteiger charge is 2.25. The van der Waals surface area contributed by atoms with Crippen molar-refractivity contribution < 1.29 is 17.3 Å². The van der Waals surface area contributed by atoms with Gasteiger partial charge in [0.05, 0.1) is 22.0 Å². The van der Waals surface area contributed by atoms with Crippen molar-refractivity contribution in [2.75, 3.05) is 12.8 Å². The van der Waals surface area contributed by atoms with Gasteiger partial charge in [-0.1, -0.05) is 53.7 Å². The minimum Gasteiger partial charge on any atom is -0.382 e. The highest BCUT2D eigenvalue weighted by molar-refractivity contribution is 7.91. The fourth-order valence-electron chi connectivity index (χ4n) is 4.24. The predicted molar refractivity (Wildman–Crippen MR) is 148 cm³/mol. The SMILES string of the molecule is CNCc1ccc(-c2cc(-c3nc(-c4ccc(S(=O)(=O)C(C)c5ccccc5)cc4)cnc3N)on2)c(F)c1. The van der Waals surface area contributed by atoms with Crippen molar-refractivity contribution in [3.05, 3.63) is 102 Å². The summed E-state index contributed by atoms with van der Waals surface area (Å²) in [5.41, 5.74) is 9.53. The van der Waals surface area contributed by atoms with Crippen LogP contribution in [0.4, 0.5) is 10.2 Å². The Morgan fingerprint density at radius 3 is 2.44 bits per heavy atom. The Hall–Kier alpha value is -4.41. The van der Waals surface area contributed by atoms with E-state index in [9.17, 15) is 12.8 Å². The molecule has 5 aromatic rings. The van der Waals surface area contributed by atoms with Crippen LogP contribution in [0.15, 0.2) is 94.5 Å². The van der Waals surface area contributed by atoms with Crippen LogP contribution < -0.4 is 11.1 Å². The lowest BCUT2D eigenvalue weighted by Gasteiger charge is -2.14. The Morgan fingerprint density at radius 1 is 1.00 bits per heavy atom. The lowest BCUT2D eigenvalue weighted by Crippen LogP contribution is -2.10.